The van der Waals surface area contributed by atoms with Crippen LogP contribution < -0.4 is 4.72 Å². The lowest BCUT2D eigenvalue weighted by atomic mass is 9.78. The van der Waals surface area contributed by atoms with Crippen LogP contribution in [0.4, 0.5) is 0 Å². The van der Waals surface area contributed by atoms with E-state index in [-0.39, 0.29) is 23.6 Å². The quantitative estimate of drug-likeness (QED) is 0.857. The SMILES string of the molecule is CCS(=O)(=O)NC1CCCN(C(=O)C2CCC(c3ccccc3)CC2)C1. The van der Waals surface area contributed by atoms with Gasteiger partial charge in [0.05, 0.1) is 5.75 Å². The van der Waals surface area contributed by atoms with Crippen molar-refractivity contribution in [3.8, 4) is 0 Å². The highest BCUT2D eigenvalue weighted by Gasteiger charge is 2.33. The molecular formula is C20H30N2O3S. The molecule has 0 spiro atoms. The van der Waals surface area contributed by atoms with Crippen LogP contribution in [0.3, 0.4) is 0 Å². The molecule has 144 valence electrons. The summed E-state index contributed by atoms with van der Waals surface area (Å²) in [5, 5.41) is 0. The van der Waals surface area contributed by atoms with E-state index in [1.54, 1.807) is 6.92 Å². The summed E-state index contributed by atoms with van der Waals surface area (Å²) in [5.41, 5.74) is 1.38. The first-order valence-corrected chi connectivity index (χ1v) is 11.5. The predicted molar refractivity (Wildman–Crippen MR) is 103 cm³/mol. The van der Waals surface area contributed by atoms with Crippen molar-refractivity contribution in [2.45, 2.75) is 57.4 Å². The monoisotopic (exact) mass is 378 g/mol. The number of piperidine rings is 1. The van der Waals surface area contributed by atoms with Crippen molar-refractivity contribution in [3.63, 3.8) is 0 Å². The van der Waals surface area contributed by atoms with E-state index in [4.69, 9.17) is 0 Å². The third kappa shape index (κ3) is 4.86. The average molecular weight is 379 g/mol. The maximum Gasteiger partial charge on any atom is 0.225 e. The Labute approximate surface area is 157 Å². The van der Waals surface area contributed by atoms with Gasteiger partial charge in [0.1, 0.15) is 0 Å². The molecule has 2 aliphatic rings. The largest absolute Gasteiger partial charge is 0.341 e. The number of amides is 1. The first-order chi connectivity index (χ1) is 12.5. The van der Waals surface area contributed by atoms with Gasteiger partial charge in [0.25, 0.3) is 0 Å². The van der Waals surface area contributed by atoms with E-state index < -0.39 is 10.0 Å². The summed E-state index contributed by atoms with van der Waals surface area (Å²) in [4.78, 5) is 14.8. The Morgan fingerprint density at radius 1 is 1.12 bits per heavy atom. The molecule has 5 nitrogen and oxygen atoms in total. The smallest absolute Gasteiger partial charge is 0.225 e. The number of carbonyl (C=O) groups is 1. The second-order valence-corrected chi connectivity index (χ2v) is 9.65. The zero-order valence-corrected chi connectivity index (χ0v) is 16.4. The Morgan fingerprint density at radius 2 is 1.81 bits per heavy atom. The van der Waals surface area contributed by atoms with Gasteiger partial charge in [0.15, 0.2) is 0 Å². The number of benzene rings is 1. The van der Waals surface area contributed by atoms with Crippen molar-refractivity contribution in [2.75, 3.05) is 18.8 Å². The van der Waals surface area contributed by atoms with Gasteiger partial charge in [-0.05, 0) is 56.9 Å². The summed E-state index contributed by atoms with van der Waals surface area (Å²) < 4.78 is 26.3. The summed E-state index contributed by atoms with van der Waals surface area (Å²) in [7, 11) is -3.22. The first kappa shape index (κ1) is 19.4. The predicted octanol–water partition coefficient (Wildman–Crippen LogP) is 2.89. The minimum absolute atomic E-state index is 0.0843. The molecule has 1 aromatic rings. The van der Waals surface area contributed by atoms with Gasteiger partial charge >= 0.3 is 0 Å². The third-order valence-corrected chi connectivity index (χ3v) is 7.26. The summed E-state index contributed by atoms with van der Waals surface area (Å²) in [6.45, 7) is 2.90. The summed E-state index contributed by atoms with van der Waals surface area (Å²) in [6, 6.07) is 10.4. The highest BCUT2D eigenvalue weighted by atomic mass is 32.2. The molecule has 1 atom stereocenters. The first-order valence-electron chi connectivity index (χ1n) is 9.82. The minimum atomic E-state index is -3.22. The molecule has 2 fully saturated rings. The van der Waals surface area contributed by atoms with Gasteiger partial charge in [-0.2, -0.15) is 0 Å². The van der Waals surface area contributed by atoms with E-state index in [1.807, 2.05) is 11.0 Å². The van der Waals surface area contributed by atoms with Crippen LogP contribution in [0, 0.1) is 5.92 Å². The van der Waals surface area contributed by atoms with Gasteiger partial charge in [-0.15, -0.1) is 0 Å². The summed E-state index contributed by atoms with van der Waals surface area (Å²) in [5.74, 6) is 0.958. The van der Waals surface area contributed by atoms with Gasteiger partial charge in [-0.3, -0.25) is 4.79 Å². The molecule has 0 bridgehead atoms. The van der Waals surface area contributed by atoms with E-state index in [1.165, 1.54) is 5.56 Å². The van der Waals surface area contributed by atoms with Crippen LogP contribution in [-0.4, -0.2) is 44.1 Å². The standard InChI is InChI=1S/C20H30N2O3S/c1-2-26(24,25)21-19-9-6-14-22(15-19)20(23)18-12-10-17(11-13-18)16-7-4-3-5-8-16/h3-5,7-8,17-19,21H,2,6,9-15H2,1H3. The second kappa shape index (κ2) is 8.53. The fourth-order valence-corrected chi connectivity index (χ4v) is 5.13. The Balaban J connectivity index is 1.53. The molecule has 26 heavy (non-hydrogen) atoms. The van der Waals surface area contributed by atoms with Crippen LogP contribution >= 0.6 is 0 Å². The molecular weight excluding hydrogens is 348 g/mol. The van der Waals surface area contributed by atoms with E-state index in [9.17, 15) is 13.2 Å². The van der Waals surface area contributed by atoms with E-state index >= 15 is 0 Å². The maximum atomic E-state index is 12.9. The molecule has 1 N–H and O–H groups in total. The molecule has 6 heteroatoms. The molecule has 1 aromatic carbocycles. The van der Waals surface area contributed by atoms with Gasteiger partial charge < -0.3 is 4.90 Å². The molecule has 1 aliphatic heterocycles. The van der Waals surface area contributed by atoms with Gasteiger partial charge in [0.2, 0.25) is 15.9 Å². The van der Waals surface area contributed by atoms with Crippen LogP contribution in [0.1, 0.15) is 56.9 Å². The Bertz CT molecular complexity index is 697. The van der Waals surface area contributed by atoms with E-state index in [0.717, 1.165) is 45.1 Å². The normalized spacial score (nSPS) is 27.3. The zero-order valence-electron chi connectivity index (χ0n) is 15.6. The van der Waals surface area contributed by atoms with E-state index in [2.05, 4.69) is 29.0 Å². The van der Waals surface area contributed by atoms with Gasteiger partial charge in [0, 0.05) is 25.0 Å². The summed E-state index contributed by atoms with van der Waals surface area (Å²) >= 11 is 0. The van der Waals surface area contributed by atoms with Crippen LogP contribution in [0.25, 0.3) is 0 Å². The van der Waals surface area contributed by atoms with Crippen molar-refractivity contribution in [1.29, 1.82) is 0 Å². The number of likely N-dealkylation sites (tertiary alicyclic amines) is 1. The van der Waals surface area contributed by atoms with Crippen LogP contribution in [0.15, 0.2) is 30.3 Å². The minimum Gasteiger partial charge on any atom is -0.341 e. The number of nitrogens with zero attached hydrogens (tertiary/aromatic N) is 1. The average Bonchev–Trinajstić information content (AvgIpc) is 2.68. The molecule has 1 amide bonds. The third-order valence-electron chi connectivity index (χ3n) is 5.81. The Morgan fingerprint density at radius 3 is 2.46 bits per heavy atom. The zero-order chi connectivity index (χ0) is 18.6. The molecule has 1 saturated heterocycles. The molecule has 0 radical (unpaired) electrons. The van der Waals surface area contributed by atoms with Crippen LogP contribution in [0.5, 0.6) is 0 Å². The Hall–Kier alpha value is -1.40. The molecule has 3 rings (SSSR count). The number of hydrogen-bond acceptors (Lipinski definition) is 3. The summed E-state index contributed by atoms with van der Waals surface area (Å²) in [6.07, 6.45) is 5.65. The topological polar surface area (TPSA) is 66.5 Å². The molecule has 1 heterocycles. The van der Waals surface area contributed by atoms with Crippen molar-refractivity contribution in [1.82, 2.24) is 9.62 Å². The highest BCUT2D eigenvalue weighted by Crippen LogP contribution is 2.36. The fourth-order valence-electron chi connectivity index (χ4n) is 4.27. The number of rotatable bonds is 5. The van der Waals surface area contributed by atoms with E-state index in [0.29, 0.717) is 12.5 Å². The van der Waals surface area contributed by atoms with Crippen molar-refractivity contribution < 1.29 is 13.2 Å². The number of nitrogens with one attached hydrogen (secondary N) is 1. The van der Waals surface area contributed by atoms with Crippen molar-refractivity contribution >= 4 is 15.9 Å². The highest BCUT2D eigenvalue weighted by molar-refractivity contribution is 7.89. The molecule has 1 saturated carbocycles. The second-order valence-electron chi connectivity index (χ2n) is 7.60. The van der Waals surface area contributed by atoms with Gasteiger partial charge in [-0.25, -0.2) is 13.1 Å². The van der Waals surface area contributed by atoms with Gasteiger partial charge in [-0.1, -0.05) is 30.3 Å². The number of hydrogen-bond donors (Lipinski definition) is 1. The lowest BCUT2D eigenvalue weighted by Crippen LogP contribution is -2.51. The van der Waals surface area contributed by atoms with Crippen molar-refractivity contribution in [3.05, 3.63) is 35.9 Å². The lowest BCUT2D eigenvalue weighted by molar-refractivity contribution is -0.138. The van der Waals surface area contributed by atoms with Crippen LogP contribution in [0.2, 0.25) is 0 Å². The Kier molecular flexibility index (Phi) is 6.35. The fraction of sp³-hybridized carbons (Fsp3) is 0.650. The molecule has 1 unspecified atom stereocenters. The number of carbonyl (C=O) groups excluding carboxylic acids is 1. The molecule has 0 aromatic heterocycles. The van der Waals surface area contributed by atoms with Crippen molar-refractivity contribution in [2.24, 2.45) is 5.92 Å². The lowest BCUT2D eigenvalue weighted by Gasteiger charge is -2.37. The number of sulfonamides is 1. The maximum absolute atomic E-state index is 12.9. The molecule has 1 aliphatic carbocycles. The van der Waals surface area contributed by atoms with Crippen LogP contribution in [-0.2, 0) is 14.8 Å².